The summed E-state index contributed by atoms with van der Waals surface area (Å²) in [5.41, 5.74) is 4.32. The normalized spacial score (nSPS) is 10.6. The largest absolute Gasteiger partial charge is 0.484 e. The lowest BCUT2D eigenvalue weighted by Crippen LogP contribution is -2.31. The quantitative estimate of drug-likeness (QED) is 0.472. The van der Waals surface area contributed by atoms with Crippen LogP contribution >= 0.6 is 11.3 Å². The van der Waals surface area contributed by atoms with Crippen LogP contribution in [0.5, 0.6) is 5.75 Å². The highest BCUT2D eigenvalue weighted by Crippen LogP contribution is 2.22. The SMILES string of the molecule is O=C(COc1ccc(-c2ccccc2)cc1)NCCn1ccc(-c2ccsc2)n1. The second kappa shape index (κ2) is 9.21. The molecule has 1 N–H and O–H groups in total. The lowest BCUT2D eigenvalue weighted by Gasteiger charge is -2.08. The first-order valence-corrected chi connectivity index (χ1v) is 10.3. The topological polar surface area (TPSA) is 56.1 Å². The van der Waals surface area contributed by atoms with Gasteiger partial charge in [-0.05, 0) is 40.8 Å². The lowest BCUT2D eigenvalue weighted by atomic mass is 10.1. The van der Waals surface area contributed by atoms with Crippen LogP contribution in [0.1, 0.15) is 0 Å². The minimum atomic E-state index is -0.151. The van der Waals surface area contributed by atoms with Gasteiger partial charge in [0.2, 0.25) is 0 Å². The van der Waals surface area contributed by atoms with E-state index in [0.717, 1.165) is 22.4 Å². The van der Waals surface area contributed by atoms with Crippen molar-refractivity contribution in [3.63, 3.8) is 0 Å². The summed E-state index contributed by atoms with van der Waals surface area (Å²) in [4.78, 5) is 12.0. The Morgan fingerprint density at radius 3 is 2.52 bits per heavy atom. The first-order chi connectivity index (χ1) is 14.3. The number of benzene rings is 2. The predicted octanol–water partition coefficient (Wildman–Crippen LogP) is 4.47. The van der Waals surface area contributed by atoms with Gasteiger partial charge in [-0.15, -0.1) is 0 Å². The van der Waals surface area contributed by atoms with Gasteiger partial charge in [0.25, 0.3) is 5.91 Å². The Hall–Kier alpha value is -3.38. The fourth-order valence-electron chi connectivity index (χ4n) is 2.93. The molecule has 0 aliphatic rings. The third-order valence-corrected chi connectivity index (χ3v) is 5.14. The van der Waals surface area contributed by atoms with Gasteiger partial charge < -0.3 is 10.1 Å². The van der Waals surface area contributed by atoms with Crippen LogP contribution in [0.3, 0.4) is 0 Å². The Morgan fingerprint density at radius 1 is 0.966 bits per heavy atom. The molecular formula is C23H21N3O2S. The summed E-state index contributed by atoms with van der Waals surface area (Å²) >= 11 is 1.65. The van der Waals surface area contributed by atoms with Crippen molar-refractivity contribution in [1.82, 2.24) is 15.1 Å². The summed E-state index contributed by atoms with van der Waals surface area (Å²) in [6.45, 7) is 1.10. The van der Waals surface area contributed by atoms with Crippen molar-refractivity contribution in [3.05, 3.63) is 83.7 Å². The molecule has 0 radical (unpaired) electrons. The van der Waals surface area contributed by atoms with Crippen molar-refractivity contribution in [1.29, 1.82) is 0 Å². The highest BCUT2D eigenvalue weighted by molar-refractivity contribution is 7.08. The van der Waals surface area contributed by atoms with Crippen LogP contribution in [0.4, 0.5) is 0 Å². The molecule has 0 unspecified atom stereocenters. The van der Waals surface area contributed by atoms with Gasteiger partial charge >= 0.3 is 0 Å². The van der Waals surface area contributed by atoms with Crippen LogP contribution in [0.2, 0.25) is 0 Å². The van der Waals surface area contributed by atoms with E-state index in [2.05, 4.69) is 27.9 Å². The summed E-state index contributed by atoms with van der Waals surface area (Å²) < 4.78 is 7.41. The first kappa shape index (κ1) is 19.0. The molecule has 0 fully saturated rings. The van der Waals surface area contributed by atoms with E-state index in [0.29, 0.717) is 18.8 Å². The van der Waals surface area contributed by atoms with Crippen molar-refractivity contribution in [2.75, 3.05) is 13.2 Å². The molecule has 4 rings (SSSR count). The van der Waals surface area contributed by atoms with E-state index >= 15 is 0 Å². The molecule has 0 spiro atoms. The molecule has 146 valence electrons. The standard InChI is InChI=1S/C23H21N3O2S/c27-23(24-12-14-26-13-10-22(25-26)20-11-15-29-17-20)16-28-21-8-6-19(7-9-21)18-4-2-1-3-5-18/h1-11,13,15,17H,12,14,16H2,(H,24,27). The number of hydrogen-bond acceptors (Lipinski definition) is 4. The Balaban J connectivity index is 1.20. The molecule has 2 heterocycles. The Bertz CT molecular complexity index is 1040. The fourth-order valence-corrected chi connectivity index (χ4v) is 3.58. The Kier molecular flexibility index (Phi) is 6.02. The number of amides is 1. The van der Waals surface area contributed by atoms with Gasteiger partial charge in [-0.25, -0.2) is 0 Å². The summed E-state index contributed by atoms with van der Waals surface area (Å²) in [5, 5.41) is 11.5. The van der Waals surface area contributed by atoms with Crippen molar-refractivity contribution < 1.29 is 9.53 Å². The van der Waals surface area contributed by atoms with Gasteiger partial charge in [-0.3, -0.25) is 9.48 Å². The van der Waals surface area contributed by atoms with Gasteiger partial charge in [0.15, 0.2) is 6.61 Å². The van der Waals surface area contributed by atoms with E-state index in [-0.39, 0.29) is 12.5 Å². The van der Waals surface area contributed by atoms with Gasteiger partial charge in [-0.2, -0.15) is 16.4 Å². The molecule has 0 saturated carbocycles. The zero-order chi connectivity index (χ0) is 19.9. The Morgan fingerprint density at radius 2 is 1.76 bits per heavy atom. The molecule has 0 bridgehead atoms. The van der Waals surface area contributed by atoms with E-state index in [1.165, 1.54) is 0 Å². The third-order valence-electron chi connectivity index (χ3n) is 4.45. The number of hydrogen-bond donors (Lipinski definition) is 1. The summed E-state index contributed by atoms with van der Waals surface area (Å²) in [7, 11) is 0. The van der Waals surface area contributed by atoms with E-state index in [1.807, 2.05) is 70.9 Å². The van der Waals surface area contributed by atoms with Crippen LogP contribution in [0, 0.1) is 0 Å². The first-order valence-electron chi connectivity index (χ1n) is 9.39. The zero-order valence-corrected chi connectivity index (χ0v) is 16.6. The number of thiophene rings is 1. The number of carbonyl (C=O) groups excluding carboxylic acids is 1. The number of aromatic nitrogens is 2. The highest BCUT2D eigenvalue weighted by atomic mass is 32.1. The van der Waals surface area contributed by atoms with Gasteiger partial charge in [-0.1, -0.05) is 42.5 Å². The third kappa shape index (κ3) is 5.12. The average Bonchev–Trinajstić information content (AvgIpc) is 3.45. The van der Waals surface area contributed by atoms with Gasteiger partial charge in [0.1, 0.15) is 5.75 Å². The fraction of sp³-hybridized carbons (Fsp3) is 0.130. The van der Waals surface area contributed by atoms with Crippen molar-refractivity contribution in [2.24, 2.45) is 0 Å². The van der Waals surface area contributed by atoms with Crippen LogP contribution < -0.4 is 10.1 Å². The smallest absolute Gasteiger partial charge is 0.258 e. The van der Waals surface area contributed by atoms with Crippen LogP contribution in [-0.2, 0) is 11.3 Å². The number of nitrogens with zero attached hydrogens (tertiary/aromatic N) is 2. The lowest BCUT2D eigenvalue weighted by molar-refractivity contribution is -0.123. The van der Waals surface area contributed by atoms with Gasteiger partial charge in [0, 0.05) is 23.7 Å². The monoisotopic (exact) mass is 403 g/mol. The van der Waals surface area contributed by atoms with Gasteiger partial charge in [0.05, 0.1) is 12.2 Å². The summed E-state index contributed by atoms with van der Waals surface area (Å²) in [5.74, 6) is 0.523. The molecule has 29 heavy (non-hydrogen) atoms. The predicted molar refractivity (Wildman–Crippen MR) is 116 cm³/mol. The molecule has 4 aromatic rings. The molecule has 0 aliphatic carbocycles. The molecule has 5 nitrogen and oxygen atoms in total. The van der Waals surface area contributed by atoms with E-state index < -0.39 is 0 Å². The summed E-state index contributed by atoms with van der Waals surface area (Å²) in [6.07, 6.45) is 1.92. The molecule has 0 atom stereocenters. The molecule has 1 amide bonds. The molecular weight excluding hydrogens is 382 g/mol. The van der Waals surface area contributed by atoms with E-state index in [9.17, 15) is 4.79 Å². The van der Waals surface area contributed by atoms with Crippen LogP contribution in [0.15, 0.2) is 83.7 Å². The molecule has 0 saturated heterocycles. The van der Waals surface area contributed by atoms with Crippen LogP contribution in [0.25, 0.3) is 22.4 Å². The number of carbonyl (C=O) groups is 1. The number of ether oxygens (including phenoxy) is 1. The molecule has 6 heteroatoms. The maximum atomic E-state index is 12.0. The molecule has 2 aromatic carbocycles. The highest BCUT2D eigenvalue weighted by Gasteiger charge is 2.05. The van der Waals surface area contributed by atoms with E-state index in [1.54, 1.807) is 11.3 Å². The minimum absolute atomic E-state index is 0.00998. The second-order valence-electron chi connectivity index (χ2n) is 6.51. The zero-order valence-electron chi connectivity index (χ0n) is 15.8. The Labute approximate surface area is 173 Å². The maximum absolute atomic E-state index is 12.0. The second-order valence-corrected chi connectivity index (χ2v) is 7.29. The van der Waals surface area contributed by atoms with Crippen molar-refractivity contribution >= 4 is 17.2 Å². The van der Waals surface area contributed by atoms with Crippen molar-refractivity contribution in [3.8, 4) is 28.1 Å². The van der Waals surface area contributed by atoms with Crippen molar-refractivity contribution in [2.45, 2.75) is 6.54 Å². The number of rotatable bonds is 8. The summed E-state index contributed by atoms with van der Waals surface area (Å²) in [6, 6.07) is 21.9. The molecule has 2 aromatic heterocycles. The average molecular weight is 404 g/mol. The maximum Gasteiger partial charge on any atom is 0.258 e. The number of nitrogens with one attached hydrogen (secondary N) is 1. The van der Waals surface area contributed by atoms with Crippen LogP contribution in [-0.4, -0.2) is 28.8 Å². The minimum Gasteiger partial charge on any atom is -0.484 e. The van der Waals surface area contributed by atoms with E-state index in [4.69, 9.17) is 4.74 Å². The molecule has 0 aliphatic heterocycles.